The molecule has 0 spiro atoms. The summed E-state index contributed by atoms with van der Waals surface area (Å²) < 4.78 is 0. The molecule has 0 saturated heterocycles. The van der Waals surface area contributed by atoms with E-state index in [4.69, 9.17) is 10.8 Å². The zero-order valence-electron chi connectivity index (χ0n) is 11.6. The minimum absolute atomic E-state index is 0.0402. The van der Waals surface area contributed by atoms with Crippen LogP contribution in [-0.2, 0) is 9.59 Å². The molecule has 0 atom stereocenters. The largest absolute Gasteiger partial charge is 0.480 e. The van der Waals surface area contributed by atoms with Crippen LogP contribution in [0.5, 0.6) is 0 Å². The van der Waals surface area contributed by atoms with E-state index in [1.807, 2.05) is 11.9 Å². The van der Waals surface area contributed by atoms with Crippen LogP contribution in [-0.4, -0.2) is 40.5 Å². The first-order valence-corrected chi connectivity index (χ1v) is 7.23. The van der Waals surface area contributed by atoms with Crippen LogP contribution in [0, 0.1) is 5.92 Å². The number of rotatable bonds is 3. The van der Waals surface area contributed by atoms with Crippen molar-refractivity contribution in [2.24, 2.45) is 11.7 Å². The van der Waals surface area contributed by atoms with Crippen LogP contribution in [0.2, 0.25) is 0 Å². The van der Waals surface area contributed by atoms with Crippen LogP contribution < -0.4 is 5.73 Å². The number of nitrogens with zero attached hydrogens (tertiary/aromatic N) is 1. The lowest BCUT2D eigenvalue weighted by Gasteiger charge is -2.36. The second kappa shape index (κ2) is 5.49. The molecule has 2 aliphatic rings. The number of carbonyl (C=O) groups excluding carboxylic acids is 1. The smallest absolute Gasteiger partial charge is 0.323 e. The quantitative estimate of drug-likeness (QED) is 0.809. The predicted molar refractivity (Wildman–Crippen MR) is 71.5 cm³/mol. The summed E-state index contributed by atoms with van der Waals surface area (Å²) in [6.45, 7) is 0. The summed E-state index contributed by atoms with van der Waals surface area (Å²) in [4.78, 5) is 25.4. The van der Waals surface area contributed by atoms with Gasteiger partial charge in [0.2, 0.25) is 5.91 Å². The van der Waals surface area contributed by atoms with Gasteiger partial charge in [-0.2, -0.15) is 0 Å². The van der Waals surface area contributed by atoms with Crippen LogP contribution in [0.15, 0.2) is 0 Å². The van der Waals surface area contributed by atoms with Crippen molar-refractivity contribution in [2.75, 3.05) is 7.05 Å². The molecule has 0 radical (unpaired) electrons. The molecule has 3 N–H and O–H groups in total. The number of carboxylic acids is 1. The van der Waals surface area contributed by atoms with Gasteiger partial charge in [0, 0.05) is 19.0 Å². The maximum atomic E-state index is 12.4. The summed E-state index contributed by atoms with van der Waals surface area (Å²) >= 11 is 0. The van der Waals surface area contributed by atoms with Gasteiger partial charge in [0.15, 0.2) is 0 Å². The molecule has 2 fully saturated rings. The van der Waals surface area contributed by atoms with Gasteiger partial charge in [-0.05, 0) is 38.5 Å². The Bertz CT molecular complexity index is 356. The Morgan fingerprint density at radius 2 is 1.68 bits per heavy atom. The average molecular weight is 268 g/mol. The molecule has 1 amide bonds. The third-order valence-corrected chi connectivity index (χ3v) is 4.87. The predicted octanol–water partition coefficient (Wildman–Crippen LogP) is 1.36. The van der Waals surface area contributed by atoms with Crippen molar-refractivity contribution in [2.45, 2.75) is 62.9 Å². The summed E-state index contributed by atoms with van der Waals surface area (Å²) in [5.74, 6) is -0.802. The molecule has 0 aromatic rings. The van der Waals surface area contributed by atoms with Gasteiger partial charge in [0.05, 0.1) is 0 Å². The second-order valence-corrected chi connectivity index (χ2v) is 6.12. The molecular formula is C14H24N2O3. The van der Waals surface area contributed by atoms with Crippen LogP contribution >= 0.6 is 0 Å². The number of nitrogens with two attached hydrogens (primary N) is 1. The summed E-state index contributed by atoms with van der Waals surface area (Å²) in [6.07, 6.45) is 6.61. The first kappa shape index (κ1) is 14.3. The van der Waals surface area contributed by atoms with E-state index in [1.165, 1.54) is 12.8 Å². The Kier molecular flexibility index (Phi) is 4.13. The summed E-state index contributed by atoms with van der Waals surface area (Å²) in [7, 11) is 1.89. The highest BCUT2D eigenvalue weighted by atomic mass is 16.4. The van der Waals surface area contributed by atoms with E-state index in [-0.39, 0.29) is 11.8 Å². The number of hydrogen-bond acceptors (Lipinski definition) is 3. The molecule has 5 nitrogen and oxygen atoms in total. The second-order valence-electron chi connectivity index (χ2n) is 6.12. The first-order valence-electron chi connectivity index (χ1n) is 7.23. The van der Waals surface area contributed by atoms with E-state index in [0.29, 0.717) is 31.7 Å². The molecular weight excluding hydrogens is 244 g/mol. The molecule has 0 aromatic carbocycles. The molecule has 108 valence electrons. The number of hydrogen-bond donors (Lipinski definition) is 2. The average Bonchev–Trinajstić information content (AvgIpc) is 2.91. The van der Waals surface area contributed by atoms with Gasteiger partial charge in [-0.15, -0.1) is 0 Å². The molecule has 0 bridgehead atoms. The van der Waals surface area contributed by atoms with Crippen LogP contribution in [0.1, 0.15) is 51.4 Å². The van der Waals surface area contributed by atoms with Gasteiger partial charge in [-0.1, -0.05) is 12.8 Å². The fraction of sp³-hybridized carbons (Fsp3) is 0.857. The van der Waals surface area contributed by atoms with E-state index in [0.717, 1.165) is 12.8 Å². The molecule has 0 unspecified atom stereocenters. The molecule has 19 heavy (non-hydrogen) atoms. The first-order chi connectivity index (χ1) is 8.94. The summed E-state index contributed by atoms with van der Waals surface area (Å²) in [5.41, 5.74) is 4.72. The number of amides is 1. The van der Waals surface area contributed by atoms with Gasteiger partial charge in [-0.3, -0.25) is 9.59 Å². The van der Waals surface area contributed by atoms with Crippen molar-refractivity contribution < 1.29 is 14.7 Å². The highest BCUT2D eigenvalue weighted by molar-refractivity contribution is 5.81. The highest BCUT2D eigenvalue weighted by Gasteiger charge is 2.41. The van der Waals surface area contributed by atoms with Crippen molar-refractivity contribution in [3.63, 3.8) is 0 Å². The molecule has 0 aromatic heterocycles. The molecule has 0 heterocycles. The van der Waals surface area contributed by atoms with E-state index in [1.54, 1.807) is 0 Å². The zero-order valence-corrected chi connectivity index (χ0v) is 11.6. The van der Waals surface area contributed by atoms with Gasteiger partial charge >= 0.3 is 5.97 Å². The number of carboxylic acid groups (broad SMARTS) is 1. The molecule has 2 saturated carbocycles. The number of carbonyl (C=O) groups is 2. The van der Waals surface area contributed by atoms with Gasteiger partial charge in [0.1, 0.15) is 5.54 Å². The summed E-state index contributed by atoms with van der Waals surface area (Å²) in [5, 5.41) is 9.08. The molecule has 0 aliphatic heterocycles. The number of aliphatic carboxylic acids is 1. The minimum Gasteiger partial charge on any atom is -0.480 e. The lowest BCUT2D eigenvalue weighted by Crippen LogP contribution is -2.52. The third-order valence-electron chi connectivity index (χ3n) is 4.87. The Balaban J connectivity index is 1.90. The normalized spacial score (nSPS) is 32.2. The van der Waals surface area contributed by atoms with Crippen LogP contribution in [0.25, 0.3) is 0 Å². The maximum absolute atomic E-state index is 12.4. The lowest BCUT2D eigenvalue weighted by atomic mass is 9.76. The van der Waals surface area contributed by atoms with Crippen LogP contribution in [0.4, 0.5) is 0 Å². The Morgan fingerprint density at radius 1 is 1.16 bits per heavy atom. The maximum Gasteiger partial charge on any atom is 0.323 e. The highest BCUT2D eigenvalue weighted by Crippen LogP contribution is 2.33. The Labute approximate surface area is 114 Å². The summed E-state index contributed by atoms with van der Waals surface area (Å²) in [6, 6.07) is 0.386. The molecule has 2 rings (SSSR count). The van der Waals surface area contributed by atoms with Crippen molar-refractivity contribution in [3.05, 3.63) is 0 Å². The zero-order chi connectivity index (χ0) is 14.0. The van der Waals surface area contributed by atoms with Gasteiger partial charge in [-0.25, -0.2) is 0 Å². The van der Waals surface area contributed by atoms with E-state index in [2.05, 4.69) is 0 Å². The van der Waals surface area contributed by atoms with Crippen molar-refractivity contribution >= 4 is 11.9 Å². The molecule has 5 heteroatoms. The lowest BCUT2D eigenvalue weighted by molar-refractivity contribution is -0.147. The minimum atomic E-state index is -1.12. The van der Waals surface area contributed by atoms with E-state index < -0.39 is 11.5 Å². The Hall–Kier alpha value is -1.10. The molecule has 2 aliphatic carbocycles. The fourth-order valence-corrected chi connectivity index (χ4v) is 3.35. The van der Waals surface area contributed by atoms with Gasteiger partial charge < -0.3 is 15.7 Å². The third kappa shape index (κ3) is 2.91. The fourth-order valence-electron chi connectivity index (χ4n) is 3.35. The van der Waals surface area contributed by atoms with Crippen molar-refractivity contribution in [1.82, 2.24) is 4.90 Å². The van der Waals surface area contributed by atoms with Gasteiger partial charge in [0.25, 0.3) is 0 Å². The standard InChI is InChI=1S/C14H24N2O3/c1-16(11-4-2-3-5-11)12(17)10-6-8-14(15,9-7-10)13(18)19/h10-11H,2-9,15H2,1H3,(H,18,19). The van der Waals surface area contributed by atoms with E-state index >= 15 is 0 Å². The van der Waals surface area contributed by atoms with Crippen molar-refractivity contribution in [1.29, 1.82) is 0 Å². The van der Waals surface area contributed by atoms with Crippen LogP contribution in [0.3, 0.4) is 0 Å². The Morgan fingerprint density at radius 3 is 2.16 bits per heavy atom. The monoisotopic (exact) mass is 268 g/mol. The van der Waals surface area contributed by atoms with E-state index in [9.17, 15) is 9.59 Å². The topological polar surface area (TPSA) is 83.6 Å². The SMILES string of the molecule is CN(C(=O)C1CCC(N)(C(=O)O)CC1)C1CCCC1. The van der Waals surface area contributed by atoms with Crippen molar-refractivity contribution in [3.8, 4) is 0 Å².